The van der Waals surface area contributed by atoms with Gasteiger partial charge in [0.1, 0.15) is 6.61 Å². The van der Waals surface area contributed by atoms with Crippen LogP contribution in [0.4, 0.5) is 17.1 Å². The van der Waals surface area contributed by atoms with E-state index in [1.54, 1.807) is 6.61 Å². The van der Waals surface area contributed by atoms with Crippen molar-refractivity contribution in [2.24, 2.45) is 0 Å². The van der Waals surface area contributed by atoms with Gasteiger partial charge in [-0.3, -0.25) is 9.59 Å². The Morgan fingerprint density at radius 1 is 0.885 bits per heavy atom. The summed E-state index contributed by atoms with van der Waals surface area (Å²) in [6.07, 6.45) is 1.08. The van der Waals surface area contributed by atoms with Crippen LogP contribution in [0.15, 0.2) is 54.6 Å². The topological polar surface area (TPSA) is 79.5 Å². The summed E-state index contributed by atoms with van der Waals surface area (Å²) in [5.74, 6) is -0.329. The largest absolute Gasteiger partial charge is 0.373 e. The molecule has 0 saturated carbocycles. The molecule has 1 aliphatic heterocycles. The predicted molar refractivity (Wildman–Crippen MR) is 101 cm³/mol. The van der Waals surface area contributed by atoms with Crippen molar-refractivity contribution in [3.05, 3.63) is 61.2 Å². The van der Waals surface area contributed by atoms with Gasteiger partial charge in [0.05, 0.1) is 6.04 Å². The second-order valence-electron chi connectivity index (χ2n) is 6.09. The first-order valence-corrected chi connectivity index (χ1v) is 8.65. The Morgan fingerprint density at radius 3 is 2.23 bits per heavy atom. The van der Waals surface area contributed by atoms with Crippen molar-refractivity contribution < 1.29 is 14.3 Å². The molecule has 0 bridgehead atoms. The molecule has 2 aromatic rings. The van der Waals surface area contributed by atoms with Crippen molar-refractivity contribution in [1.29, 1.82) is 0 Å². The van der Waals surface area contributed by atoms with E-state index >= 15 is 0 Å². The van der Waals surface area contributed by atoms with Crippen LogP contribution in [-0.4, -0.2) is 24.5 Å². The standard InChI is InChI=1S/C20H22N3O3/c24-19(10-11-20(25)23-18-12-13-26-14-18)22-17-8-6-16(7-9-17)21-15-4-2-1-3-5-15/h1-9,14,18,21H,10-13H2,(H,22,24)(H,23,25)/t18-/m0/s1. The maximum absolute atomic E-state index is 12.0. The Balaban J connectivity index is 1.41. The number of hydrogen-bond acceptors (Lipinski definition) is 4. The van der Waals surface area contributed by atoms with Gasteiger partial charge in [0.15, 0.2) is 0 Å². The van der Waals surface area contributed by atoms with Gasteiger partial charge in [-0.15, -0.1) is 0 Å². The molecule has 1 heterocycles. The molecule has 135 valence electrons. The quantitative estimate of drug-likeness (QED) is 0.715. The maximum Gasteiger partial charge on any atom is 0.224 e. The molecule has 0 spiro atoms. The maximum atomic E-state index is 12.0. The van der Waals surface area contributed by atoms with E-state index < -0.39 is 0 Å². The normalized spacial score (nSPS) is 16.1. The van der Waals surface area contributed by atoms with Crippen LogP contribution in [0.1, 0.15) is 19.3 Å². The molecule has 1 saturated heterocycles. The highest BCUT2D eigenvalue weighted by atomic mass is 16.5. The molecule has 2 amide bonds. The number of carbonyl (C=O) groups is 2. The minimum absolute atomic E-state index is 0.0461. The molecule has 6 nitrogen and oxygen atoms in total. The molecule has 1 atom stereocenters. The van der Waals surface area contributed by atoms with Gasteiger partial charge in [-0.2, -0.15) is 0 Å². The highest BCUT2D eigenvalue weighted by Crippen LogP contribution is 2.18. The number of benzene rings is 2. The Labute approximate surface area is 152 Å². The van der Waals surface area contributed by atoms with Crippen molar-refractivity contribution in [1.82, 2.24) is 5.32 Å². The summed E-state index contributed by atoms with van der Waals surface area (Å²) < 4.78 is 5.09. The number of amides is 2. The number of anilines is 3. The first-order valence-electron chi connectivity index (χ1n) is 8.65. The number of para-hydroxylation sites is 1. The smallest absolute Gasteiger partial charge is 0.224 e. The first-order chi connectivity index (χ1) is 12.7. The minimum atomic E-state index is -0.185. The van der Waals surface area contributed by atoms with Crippen molar-refractivity contribution in [2.75, 3.05) is 17.2 Å². The van der Waals surface area contributed by atoms with Crippen molar-refractivity contribution >= 4 is 28.9 Å². The molecule has 2 aromatic carbocycles. The number of rotatable bonds is 7. The van der Waals surface area contributed by atoms with Gasteiger partial charge in [-0.05, 0) is 42.8 Å². The summed E-state index contributed by atoms with van der Waals surface area (Å²) in [5, 5.41) is 8.90. The molecule has 0 unspecified atom stereocenters. The van der Waals surface area contributed by atoms with Crippen LogP contribution in [0, 0.1) is 6.61 Å². The highest BCUT2D eigenvalue weighted by molar-refractivity contribution is 5.93. The number of carbonyl (C=O) groups excluding carboxylic acids is 2. The predicted octanol–water partition coefficient (Wildman–Crippen LogP) is 3.22. The lowest BCUT2D eigenvalue weighted by Gasteiger charge is -2.10. The molecule has 0 aromatic heterocycles. The summed E-state index contributed by atoms with van der Waals surface area (Å²) >= 11 is 0. The summed E-state index contributed by atoms with van der Waals surface area (Å²) in [5.41, 5.74) is 2.63. The van der Waals surface area contributed by atoms with Gasteiger partial charge in [-0.1, -0.05) is 18.2 Å². The molecule has 3 N–H and O–H groups in total. The van der Waals surface area contributed by atoms with E-state index in [9.17, 15) is 9.59 Å². The lowest BCUT2D eigenvalue weighted by molar-refractivity contribution is -0.124. The Morgan fingerprint density at radius 2 is 1.54 bits per heavy atom. The van der Waals surface area contributed by atoms with E-state index in [-0.39, 0.29) is 30.7 Å². The van der Waals surface area contributed by atoms with Crippen LogP contribution in [0.25, 0.3) is 0 Å². The summed E-state index contributed by atoms with van der Waals surface area (Å²) in [4.78, 5) is 23.8. The van der Waals surface area contributed by atoms with E-state index in [4.69, 9.17) is 4.74 Å². The summed E-state index contributed by atoms with van der Waals surface area (Å²) in [6.45, 7) is 2.25. The van der Waals surface area contributed by atoms with Crippen molar-refractivity contribution in [3.63, 3.8) is 0 Å². The number of hydrogen-bond donors (Lipinski definition) is 3. The van der Waals surface area contributed by atoms with Gasteiger partial charge < -0.3 is 20.7 Å². The lowest BCUT2D eigenvalue weighted by atomic mass is 10.2. The molecular formula is C20H22N3O3. The molecule has 3 rings (SSSR count). The second kappa shape index (κ2) is 9.01. The average molecular weight is 352 g/mol. The summed E-state index contributed by atoms with van der Waals surface area (Å²) in [6, 6.07) is 17.3. The summed E-state index contributed by atoms with van der Waals surface area (Å²) in [7, 11) is 0. The average Bonchev–Trinajstić information content (AvgIpc) is 3.15. The molecule has 1 aliphatic rings. The molecular weight excluding hydrogens is 330 g/mol. The van der Waals surface area contributed by atoms with E-state index in [0.29, 0.717) is 12.3 Å². The van der Waals surface area contributed by atoms with Crippen LogP contribution in [-0.2, 0) is 14.3 Å². The molecule has 6 heteroatoms. The SMILES string of the molecule is O=C(CCC(=O)N[C@@H]1[CH]OCC1)Nc1ccc(Nc2ccccc2)cc1. The zero-order valence-electron chi connectivity index (χ0n) is 14.4. The Hall–Kier alpha value is -2.86. The van der Waals surface area contributed by atoms with E-state index in [1.807, 2.05) is 54.6 Å². The molecule has 26 heavy (non-hydrogen) atoms. The first kappa shape index (κ1) is 17.9. The lowest BCUT2D eigenvalue weighted by Crippen LogP contribution is -2.33. The highest BCUT2D eigenvalue weighted by Gasteiger charge is 2.18. The van der Waals surface area contributed by atoms with Gasteiger partial charge >= 0.3 is 0 Å². The van der Waals surface area contributed by atoms with Gasteiger partial charge in [-0.25, -0.2) is 0 Å². The van der Waals surface area contributed by atoms with Gasteiger partial charge in [0.25, 0.3) is 0 Å². The second-order valence-corrected chi connectivity index (χ2v) is 6.09. The zero-order valence-corrected chi connectivity index (χ0v) is 14.4. The van der Waals surface area contributed by atoms with Gasteiger partial charge in [0, 0.05) is 36.5 Å². The van der Waals surface area contributed by atoms with Crippen LogP contribution >= 0.6 is 0 Å². The van der Waals surface area contributed by atoms with Crippen LogP contribution in [0.5, 0.6) is 0 Å². The van der Waals surface area contributed by atoms with Crippen LogP contribution < -0.4 is 16.0 Å². The number of nitrogens with one attached hydrogen (secondary N) is 3. The fourth-order valence-electron chi connectivity index (χ4n) is 2.61. The van der Waals surface area contributed by atoms with Crippen molar-refractivity contribution in [3.8, 4) is 0 Å². The Bertz CT molecular complexity index is 726. The zero-order chi connectivity index (χ0) is 18.2. The van der Waals surface area contributed by atoms with Crippen LogP contribution in [0.3, 0.4) is 0 Å². The van der Waals surface area contributed by atoms with E-state index in [2.05, 4.69) is 16.0 Å². The van der Waals surface area contributed by atoms with Crippen molar-refractivity contribution in [2.45, 2.75) is 25.3 Å². The van der Waals surface area contributed by atoms with E-state index in [0.717, 1.165) is 17.8 Å². The number of ether oxygens (including phenoxy) is 1. The third-order valence-corrected chi connectivity index (χ3v) is 3.96. The monoisotopic (exact) mass is 352 g/mol. The van der Waals surface area contributed by atoms with Crippen LogP contribution in [0.2, 0.25) is 0 Å². The minimum Gasteiger partial charge on any atom is -0.373 e. The molecule has 0 aliphatic carbocycles. The third kappa shape index (κ3) is 5.60. The van der Waals surface area contributed by atoms with E-state index in [1.165, 1.54) is 0 Å². The molecule has 1 radical (unpaired) electrons. The third-order valence-electron chi connectivity index (χ3n) is 3.96. The Kier molecular flexibility index (Phi) is 6.22. The fourth-order valence-corrected chi connectivity index (χ4v) is 2.61. The fraction of sp³-hybridized carbons (Fsp3) is 0.250. The van der Waals surface area contributed by atoms with Gasteiger partial charge in [0.2, 0.25) is 11.8 Å². The molecule has 1 fully saturated rings.